The monoisotopic (exact) mass is 233 g/mol. The first-order valence-electron chi connectivity index (χ1n) is 6.21. The van der Waals surface area contributed by atoms with Crippen LogP contribution in [0.2, 0.25) is 0 Å². The SMILES string of the molecule is C[C@@H]1CCCN1CCOc1ccc(C=O)cc1. The highest BCUT2D eigenvalue weighted by Gasteiger charge is 2.19. The number of likely N-dealkylation sites (tertiary alicyclic amines) is 1. The Morgan fingerprint density at radius 2 is 2.18 bits per heavy atom. The maximum Gasteiger partial charge on any atom is 0.150 e. The summed E-state index contributed by atoms with van der Waals surface area (Å²) in [5.74, 6) is 0.836. The Morgan fingerprint density at radius 3 is 2.76 bits per heavy atom. The van der Waals surface area contributed by atoms with Gasteiger partial charge >= 0.3 is 0 Å². The number of aldehydes is 1. The number of hydrogen-bond acceptors (Lipinski definition) is 3. The predicted molar refractivity (Wildman–Crippen MR) is 67.6 cm³/mol. The summed E-state index contributed by atoms with van der Waals surface area (Å²) in [5.41, 5.74) is 0.686. The zero-order valence-electron chi connectivity index (χ0n) is 10.3. The fourth-order valence-corrected chi connectivity index (χ4v) is 2.25. The third-order valence-corrected chi connectivity index (χ3v) is 3.35. The van der Waals surface area contributed by atoms with Gasteiger partial charge in [-0.1, -0.05) is 0 Å². The molecule has 1 saturated heterocycles. The third kappa shape index (κ3) is 3.30. The lowest BCUT2D eigenvalue weighted by atomic mass is 10.2. The Bertz CT molecular complexity index is 361. The molecular weight excluding hydrogens is 214 g/mol. The number of carbonyl (C=O) groups is 1. The van der Waals surface area contributed by atoms with Crippen LogP contribution in [0.5, 0.6) is 5.75 Å². The summed E-state index contributed by atoms with van der Waals surface area (Å²) in [4.78, 5) is 13.0. The van der Waals surface area contributed by atoms with Crippen LogP contribution in [0, 0.1) is 0 Å². The number of ether oxygens (including phenoxy) is 1. The van der Waals surface area contributed by atoms with Crippen molar-refractivity contribution in [3.8, 4) is 5.75 Å². The molecule has 0 bridgehead atoms. The highest BCUT2D eigenvalue weighted by atomic mass is 16.5. The smallest absolute Gasteiger partial charge is 0.150 e. The van der Waals surface area contributed by atoms with Crippen LogP contribution in [0.4, 0.5) is 0 Å². The highest BCUT2D eigenvalue weighted by Crippen LogP contribution is 2.16. The van der Waals surface area contributed by atoms with E-state index in [-0.39, 0.29) is 0 Å². The van der Waals surface area contributed by atoms with Gasteiger partial charge in [-0.25, -0.2) is 0 Å². The van der Waals surface area contributed by atoms with E-state index < -0.39 is 0 Å². The topological polar surface area (TPSA) is 29.5 Å². The second-order valence-corrected chi connectivity index (χ2v) is 4.56. The summed E-state index contributed by atoms with van der Waals surface area (Å²) in [7, 11) is 0. The van der Waals surface area contributed by atoms with E-state index in [1.54, 1.807) is 12.1 Å². The van der Waals surface area contributed by atoms with Gasteiger partial charge in [-0.2, -0.15) is 0 Å². The molecule has 0 aliphatic carbocycles. The van der Waals surface area contributed by atoms with E-state index in [2.05, 4.69) is 11.8 Å². The van der Waals surface area contributed by atoms with Crippen molar-refractivity contribution < 1.29 is 9.53 Å². The van der Waals surface area contributed by atoms with Crippen LogP contribution in [0.3, 0.4) is 0 Å². The van der Waals surface area contributed by atoms with Crippen LogP contribution in [0.25, 0.3) is 0 Å². The first-order valence-corrected chi connectivity index (χ1v) is 6.21. The van der Waals surface area contributed by atoms with Crippen molar-refractivity contribution in [2.45, 2.75) is 25.8 Å². The standard InChI is InChI=1S/C14H19NO2/c1-12-3-2-8-15(12)9-10-17-14-6-4-13(11-16)5-7-14/h4-7,11-12H,2-3,8-10H2,1H3/t12-/m1/s1. The summed E-state index contributed by atoms with van der Waals surface area (Å²) in [6.07, 6.45) is 3.44. The zero-order valence-corrected chi connectivity index (χ0v) is 10.3. The fraction of sp³-hybridized carbons (Fsp3) is 0.500. The summed E-state index contributed by atoms with van der Waals surface area (Å²) in [5, 5.41) is 0. The van der Waals surface area contributed by atoms with Crippen LogP contribution in [-0.4, -0.2) is 36.9 Å². The molecule has 1 aliphatic heterocycles. The van der Waals surface area contributed by atoms with Gasteiger partial charge in [0.05, 0.1) is 0 Å². The molecule has 3 nitrogen and oxygen atoms in total. The lowest BCUT2D eigenvalue weighted by Crippen LogP contribution is -2.31. The molecule has 1 aliphatic rings. The Labute approximate surface area is 102 Å². The van der Waals surface area contributed by atoms with E-state index in [0.29, 0.717) is 18.2 Å². The van der Waals surface area contributed by atoms with E-state index in [4.69, 9.17) is 4.74 Å². The van der Waals surface area contributed by atoms with E-state index in [1.165, 1.54) is 19.4 Å². The molecule has 1 heterocycles. The number of rotatable bonds is 5. The number of benzene rings is 1. The van der Waals surface area contributed by atoms with Gasteiger partial charge < -0.3 is 4.74 Å². The van der Waals surface area contributed by atoms with Crippen LogP contribution in [-0.2, 0) is 0 Å². The fourth-order valence-electron chi connectivity index (χ4n) is 2.25. The molecule has 92 valence electrons. The van der Waals surface area contributed by atoms with Gasteiger partial charge in [0.2, 0.25) is 0 Å². The number of nitrogens with zero attached hydrogens (tertiary/aromatic N) is 1. The van der Waals surface area contributed by atoms with Gasteiger partial charge in [-0.15, -0.1) is 0 Å². The molecule has 0 saturated carbocycles. The molecule has 0 spiro atoms. The molecule has 0 unspecified atom stereocenters. The lowest BCUT2D eigenvalue weighted by molar-refractivity contribution is 0.112. The van der Waals surface area contributed by atoms with E-state index in [0.717, 1.165) is 18.6 Å². The molecule has 2 rings (SSSR count). The molecule has 0 N–H and O–H groups in total. The van der Waals surface area contributed by atoms with E-state index in [9.17, 15) is 4.79 Å². The van der Waals surface area contributed by atoms with Crippen molar-refractivity contribution in [1.82, 2.24) is 4.90 Å². The molecule has 1 aromatic carbocycles. The van der Waals surface area contributed by atoms with Gasteiger partial charge in [0.25, 0.3) is 0 Å². The second-order valence-electron chi connectivity index (χ2n) is 4.56. The molecule has 1 atom stereocenters. The number of carbonyl (C=O) groups excluding carboxylic acids is 1. The van der Waals surface area contributed by atoms with Crippen LogP contribution >= 0.6 is 0 Å². The molecule has 0 radical (unpaired) electrons. The van der Waals surface area contributed by atoms with Gasteiger partial charge in [0.1, 0.15) is 18.6 Å². The molecule has 0 aromatic heterocycles. The molecule has 1 aromatic rings. The minimum Gasteiger partial charge on any atom is -0.492 e. The first-order chi connectivity index (χ1) is 8.29. The minimum atomic E-state index is 0.686. The Hall–Kier alpha value is -1.35. The van der Waals surface area contributed by atoms with Crippen LogP contribution in [0.15, 0.2) is 24.3 Å². The quantitative estimate of drug-likeness (QED) is 0.731. The van der Waals surface area contributed by atoms with Gasteiger partial charge in [0, 0.05) is 18.2 Å². The summed E-state index contributed by atoms with van der Waals surface area (Å²) < 4.78 is 5.66. The maximum atomic E-state index is 10.5. The second kappa shape index (κ2) is 5.82. The van der Waals surface area contributed by atoms with Gasteiger partial charge in [-0.05, 0) is 50.6 Å². The molecule has 0 amide bonds. The van der Waals surface area contributed by atoms with Crippen molar-refractivity contribution in [3.63, 3.8) is 0 Å². The van der Waals surface area contributed by atoms with Crippen LogP contribution < -0.4 is 4.74 Å². The average Bonchev–Trinajstić information content (AvgIpc) is 2.76. The first kappa shape index (κ1) is 12.1. The van der Waals surface area contributed by atoms with Gasteiger partial charge in [-0.3, -0.25) is 9.69 Å². The van der Waals surface area contributed by atoms with E-state index in [1.807, 2.05) is 12.1 Å². The molecule has 1 fully saturated rings. The third-order valence-electron chi connectivity index (χ3n) is 3.35. The Morgan fingerprint density at radius 1 is 1.41 bits per heavy atom. The predicted octanol–water partition coefficient (Wildman–Crippen LogP) is 2.36. The average molecular weight is 233 g/mol. The van der Waals surface area contributed by atoms with Crippen molar-refractivity contribution in [2.24, 2.45) is 0 Å². The lowest BCUT2D eigenvalue weighted by Gasteiger charge is -2.20. The zero-order chi connectivity index (χ0) is 12.1. The van der Waals surface area contributed by atoms with Crippen molar-refractivity contribution in [3.05, 3.63) is 29.8 Å². The molecule has 17 heavy (non-hydrogen) atoms. The normalized spacial score (nSPS) is 20.4. The number of hydrogen-bond donors (Lipinski definition) is 0. The Balaban J connectivity index is 1.75. The van der Waals surface area contributed by atoms with E-state index >= 15 is 0 Å². The molecular formula is C14H19NO2. The largest absolute Gasteiger partial charge is 0.492 e. The maximum absolute atomic E-state index is 10.5. The van der Waals surface area contributed by atoms with Crippen molar-refractivity contribution >= 4 is 6.29 Å². The summed E-state index contributed by atoms with van der Waals surface area (Å²) in [6, 6.07) is 7.94. The molecule has 3 heteroatoms. The van der Waals surface area contributed by atoms with Crippen molar-refractivity contribution in [2.75, 3.05) is 19.7 Å². The highest BCUT2D eigenvalue weighted by molar-refractivity contribution is 5.74. The van der Waals surface area contributed by atoms with Crippen LogP contribution in [0.1, 0.15) is 30.1 Å². The minimum absolute atomic E-state index is 0.686. The summed E-state index contributed by atoms with van der Waals surface area (Å²) in [6.45, 7) is 5.15. The van der Waals surface area contributed by atoms with Crippen molar-refractivity contribution in [1.29, 1.82) is 0 Å². The van der Waals surface area contributed by atoms with Gasteiger partial charge in [0.15, 0.2) is 0 Å². The summed E-state index contributed by atoms with van der Waals surface area (Å²) >= 11 is 0. The Kier molecular flexibility index (Phi) is 4.15.